The normalized spacial score (nSPS) is 27.4. The van der Waals surface area contributed by atoms with Gasteiger partial charge in [0.2, 0.25) is 0 Å². The molecule has 1 N–H and O–H groups in total. The first-order valence-electron chi connectivity index (χ1n) is 8.36. The van der Waals surface area contributed by atoms with E-state index in [0.29, 0.717) is 12.1 Å². The maximum atomic E-state index is 9.90. The van der Waals surface area contributed by atoms with Gasteiger partial charge in [-0.25, -0.2) is 0 Å². The van der Waals surface area contributed by atoms with Crippen molar-refractivity contribution in [1.82, 2.24) is 14.7 Å². The van der Waals surface area contributed by atoms with Gasteiger partial charge in [0.15, 0.2) is 0 Å². The summed E-state index contributed by atoms with van der Waals surface area (Å²) in [7, 11) is 0. The fourth-order valence-corrected chi connectivity index (χ4v) is 3.29. The van der Waals surface area contributed by atoms with E-state index in [4.69, 9.17) is 4.74 Å². The van der Waals surface area contributed by atoms with Crippen molar-refractivity contribution in [1.29, 1.82) is 0 Å². The molecule has 0 aliphatic carbocycles. The minimum absolute atomic E-state index is 0.349. The molecule has 0 radical (unpaired) electrons. The molecule has 1 atom stereocenters. The Morgan fingerprint density at radius 2 is 1.71 bits per heavy atom. The lowest BCUT2D eigenvalue weighted by Crippen LogP contribution is -2.54. The molecule has 1 unspecified atom stereocenters. The van der Waals surface area contributed by atoms with Crippen LogP contribution in [0.2, 0.25) is 0 Å². The number of morpholine rings is 1. The zero-order chi connectivity index (χ0) is 15.5. The van der Waals surface area contributed by atoms with Crippen molar-refractivity contribution in [2.24, 2.45) is 0 Å². The largest absolute Gasteiger partial charge is 0.389 e. The Labute approximate surface area is 129 Å². The molecule has 2 fully saturated rings. The monoisotopic (exact) mass is 299 g/mol. The van der Waals surface area contributed by atoms with E-state index in [1.807, 2.05) is 13.8 Å². The molecule has 0 amide bonds. The predicted octanol–water partition coefficient (Wildman–Crippen LogP) is 0.484. The molecule has 0 aromatic carbocycles. The van der Waals surface area contributed by atoms with Gasteiger partial charge in [-0.1, -0.05) is 0 Å². The summed E-state index contributed by atoms with van der Waals surface area (Å²) in [6, 6.07) is 0.611. The topological polar surface area (TPSA) is 39.2 Å². The van der Waals surface area contributed by atoms with Crippen LogP contribution in [0.4, 0.5) is 0 Å². The molecule has 2 aliphatic rings. The van der Waals surface area contributed by atoms with E-state index in [2.05, 4.69) is 28.5 Å². The first-order valence-corrected chi connectivity index (χ1v) is 8.36. The number of hydrogen-bond donors (Lipinski definition) is 1. The summed E-state index contributed by atoms with van der Waals surface area (Å²) >= 11 is 0. The van der Waals surface area contributed by atoms with Gasteiger partial charge in [0.25, 0.3) is 0 Å². The highest BCUT2D eigenvalue weighted by Crippen LogP contribution is 2.13. The van der Waals surface area contributed by atoms with Crippen LogP contribution < -0.4 is 0 Å². The Morgan fingerprint density at radius 3 is 2.29 bits per heavy atom. The molecular formula is C16H33N3O2. The van der Waals surface area contributed by atoms with Crippen LogP contribution >= 0.6 is 0 Å². The quantitative estimate of drug-likeness (QED) is 0.800. The van der Waals surface area contributed by atoms with Crippen LogP contribution in [0.1, 0.15) is 27.7 Å². The SMILES string of the molecule is CC(C)N1CCOC(CN2CCN(CC(C)(C)O)CC2)C1. The molecule has 124 valence electrons. The van der Waals surface area contributed by atoms with Crippen LogP contribution in [-0.4, -0.2) is 96.5 Å². The van der Waals surface area contributed by atoms with Gasteiger partial charge >= 0.3 is 0 Å². The molecule has 0 spiro atoms. The average molecular weight is 299 g/mol. The van der Waals surface area contributed by atoms with Gasteiger partial charge < -0.3 is 9.84 Å². The molecule has 0 aromatic rings. The van der Waals surface area contributed by atoms with E-state index in [0.717, 1.165) is 59.0 Å². The van der Waals surface area contributed by atoms with Gasteiger partial charge in [0.1, 0.15) is 0 Å². The molecule has 2 aliphatic heterocycles. The summed E-state index contributed by atoms with van der Waals surface area (Å²) in [6.45, 7) is 17.3. The van der Waals surface area contributed by atoms with Crippen molar-refractivity contribution in [3.8, 4) is 0 Å². The summed E-state index contributed by atoms with van der Waals surface area (Å²) in [5.74, 6) is 0. The summed E-state index contributed by atoms with van der Waals surface area (Å²) < 4.78 is 5.93. The van der Waals surface area contributed by atoms with Crippen molar-refractivity contribution in [3.63, 3.8) is 0 Å². The van der Waals surface area contributed by atoms with Gasteiger partial charge in [0, 0.05) is 58.4 Å². The number of ether oxygens (including phenoxy) is 1. The third-order valence-corrected chi connectivity index (χ3v) is 4.44. The predicted molar refractivity (Wildman–Crippen MR) is 85.6 cm³/mol. The van der Waals surface area contributed by atoms with E-state index in [9.17, 15) is 5.11 Å². The molecule has 0 bridgehead atoms. The zero-order valence-electron chi connectivity index (χ0n) is 14.2. The molecule has 0 aromatic heterocycles. The van der Waals surface area contributed by atoms with Gasteiger partial charge in [-0.2, -0.15) is 0 Å². The number of nitrogens with zero attached hydrogens (tertiary/aromatic N) is 3. The van der Waals surface area contributed by atoms with Gasteiger partial charge in [0.05, 0.1) is 18.3 Å². The van der Waals surface area contributed by atoms with Crippen LogP contribution in [0.3, 0.4) is 0 Å². The molecule has 0 saturated carbocycles. The number of rotatable bonds is 5. The fraction of sp³-hybridized carbons (Fsp3) is 1.00. The van der Waals surface area contributed by atoms with E-state index in [1.165, 1.54) is 0 Å². The maximum absolute atomic E-state index is 9.90. The smallest absolute Gasteiger partial charge is 0.0829 e. The molecule has 2 heterocycles. The Bertz CT molecular complexity index is 309. The third kappa shape index (κ3) is 5.83. The Kier molecular flexibility index (Phi) is 6.03. The number of aliphatic hydroxyl groups is 1. The van der Waals surface area contributed by atoms with Gasteiger partial charge in [-0.05, 0) is 27.7 Å². The van der Waals surface area contributed by atoms with Crippen LogP contribution in [0.5, 0.6) is 0 Å². The van der Waals surface area contributed by atoms with Crippen molar-refractivity contribution < 1.29 is 9.84 Å². The molecule has 2 saturated heterocycles. The Balaban J connectivity index is 1.71. The molecule has 5 nitrogen and oxygen atoms in total. The van der Waals surface area contributed by atoms with E-state index < -0.39 is 5.60 Å². The van der Waals surface area contributed by atoms with E-state index in [-0.39, 0.29) is 0 Å². The summed E-state index contributed by atoms with van der Waals surface area (Å²) in [5, 5.41) is 9.90. The second-order valence-electron chi connectivity index (χ2n) is 7.47. The highest BCUT2D eigenvalue weighted by Gasteiger charge is 2.27. The molecule has 21 heavy (non-hydrogen) atoms. The minimum Gasteiger partial charge on any atom is -0.389 e. The number of piperazine rings is 1. The van der Waals surface area contributed by atoms with Crippen LogP contribution in [0, 0.1) is 0 Å². The first kappa shape index (κ1) is 17.2. The highest BCUT2D eigenvalue weighted by atomic mass is 16.5. The highest BCUT2D eigenvalue weighted by molar-refractivity contribution is 4.81. The first-order chi connectivity index (χ1) is 9.83. The maximum Gasteiger partial charge on any atom is 0.0829 e. The van der Waals surface area contributed by atoms with E-state index in [1.54, 1.807) is 0 Å². The second kappa shape index (κ2) is 7.38. The van der Waals surface area contributed by atoms with Crippen molar-refractivity contribution in [2.75, 3.05) is 59.0 Å². The number of β-amino-alcohol motifs (C(OH)–C–C–N with tert-alkyl or cyclic N) is 1. The lowest BCUT2D eigenvalue weighted by molar-refractivity contribution is -0.0588. The van der Waals surface area contributed by atoms with Crippen LogP contribution in [-0.2, 0) is 4.74 Å². The Hall–Kier alpha value is -0.200. The minimum atomic E-state index is -0.591. The molecular weight excluding hydrogens is 266 g/mol. The standard InChI is InChI=1S/C16H33N3O2/c1-14(2)19-9-10-21-15(12-19)11-17-5-7-18(8-6-17)13-16(3,4)20/h14-15,20H,5-13H2,1-4H3. The third-order valence-electron chi connectivity index (χ3n) is 4.44. The van der Waals surface area contributed by atoms with Crippen LogP contribution in [0.15, 0.2) is 0 Å². The average Bonchev–Trinajstić information content (AvgIpc) is 2.40. The van der Waals surface area contributed by atoms with E-state index >= 15 is 0 Å². The summed E-state index contributed by atoms with van der Waals surface area (Å²) in [6.07, 6.45) is 0.349. The number of hydrogen-bond acceptors (Lipinski definition) is 5. The Morgan fingerprint density at radius 1 is 1.10 bits per heavy atom. The van der Waals surface area contributed by atoms with Crippen molar-refractivity contribution >= 4 is 0 Å². The van der Waals surface area contributed by atoms with Gasteiger partial charge in [-0.15, -0.1) is 0 Å². The summed E-state index contributed by atoms with van der Waals surface area (Å²) in [4.78, 5) is 7.38. The van der Waals surface area contributed by atoms with Gasteiger partial charge in [-0.3, -0.25) is 14.7 Å². The lowest BCUT2D eigenvalue weighted by atomic mass is 10.1. The molecule has 5 heteroatoms. The summed E-state index contributed by atoms with van der Waals surface area (Å²) in [5.41, 5.74) is -0.591. The van der Waals surface area contributed by atoms with Crippen LogP contribution in [0.25, 0.3) is 0 Å². The zero-order valence-corrected chi connectivity index (χ0v) is 14.2. The lowest BCUT2D eigenvalue weighted by Gasteiger charge is -2.41. The van der Waals surface area contributed by atoms with Crippen molar-refractivity contribution in [2.45, 2.75) is 45.4 Å². The van der Waals surface area contributed by atoms with Crippen molar-refractivity contribution in [3.05, 3.63) is 0 Å². The second-order valence-corrected chi connectivity index (χ2v) is 7.47. The fourth-order valence-electron chi connectivity index (χ4n) is 3.29. The molecule has 2 rings (SSSR count).